The number of hydrogen-bond acceptors (Lipinski definition) is 5. The van der Waals surface area contributed by atoms with Gasteiger partial charge in [-0.15, -0.1) is 0 Å². The summed E-state index contributed by atoms with van der Waals surface area (Å²) in [5.74, 6) is 1.17. The second kappa shape index (κ2) is 54.8. The predicted octanol–water partition coefficient (Wildman–Crippen LogP) is 20.1. The van der Waals surface area contributed by atoms with E-state index >= 15 is 0 Å². The number of esters is 2. The number of rotatable bonds is 56. The van der Waals surface area contributed by atoms with Gasteiger partial charge in [-0.1, -0.05) is 272 Å². The number of hydrogen-bond donors (Lipinski definition) is 1. The molecule has 0 rings (SSSR count). The van der Waals surface area contributed by atoms with Crippen LogP contribution >= 0.6 is 0 Å². The Morgan fingerprint density at radius 2 is 0.545 bits per heavy atom. The Labute approximate surface area is 415 Å². The summed E-state index contributed by atoms with van der Waals surface area (Å²) in [6, 6.07) is 0.646. The molecule has 2 atom stereocenters. The van der Waals surface area contributed by atoms with Crippen LogP contribution in [0, 0.1) is 11.8 Å². The standard InChI is InChI=1S/C61H121NO4/c1-6-11-16-21-24-29-36-45-54-62-59(50-41-32-25-27-34-43-52-60(63)65-55-57(46-37-19-14-9-4)48-39-30-22-17-12-7-2)51-42-33-26-28-35-44-53-61(64)66-56-58(47-38-20-15-10-5)49-40-31-23-18-13-8-3/h57-59,62H,6-56H2,1-5H3. The first-order valence-corrected chi connectivity index (χ1v) is 30.5. The van der Waals surface area contributed by atoms with Gasteiger partial charge in [-0.05, 0) is 76.2 Å². The minimum atomic E-state index is 0.0348. The highest BCUT2D eigenvalue weighted by atomic mass is 16.5. The Morgan fingerprint density at radius 3 is 0.864 bits per heavy atom. The Balaban J connectivity index is 4.44. The fourth-order valence-corrected chi connectivity index (χ4v) is 9.98. The molecule has 0 bridgehead atoms. The van der Waals surface area contributed by atoms with Crippen molar-refractivity contribution in [3.05, 3.63) is 0 Å². The summed E-state index contributed by atoms with van der Waals surface area (Å²) in [5, 5.41) is 3.99. The van der Waals surface area contributed by atoms with Crippen LogP contribution in [0.4, 0.5) is 0 Å². The Morgan fingerprint density at radius 1 is 0.303 bits per heavy atom. The maximum Gasteiger partial charge on any atom is 0.305 e. The van der Waals surface area contributed by atoms with Gasteiger partial charge in [0.1, 0.15) is 0 Å². The first-order chi connectivity index (χ1) is 32.5. The molecule has 394 valence electrons. The SMILES string of the molecule is CCCCCCCCCCNC(CCCCCCCCC(=O)OCC(CCCCCC)CCCCCCCC)CCCCCCCCC(=O)OCC(CCCCCC)CCCCCCCC. The van der Waals surface area contributed by atoms with Crippen LogP contribution in [-0.4, -0.2) is 37.7 Å². The van der Waals surface area contributed by atoms with Crippen LogP contribution < -0.4 is 5.32 Å². The zero-order chi connectivity index (χ0) is 48.1. The molecule has 1 N–H and O–H groups in total. The van der Waals surface area contributed by atoms with E-state index in [4.69, 9.17) is 9.47 Å². The molecule has 0 amide bonds. The zero-order valence-electron chi connectivity index (χ0n) is 45.9. The number of carbonyl (C=O) groups excluding carboxylic acids is 2. The summed E-state index contributed by atoms with van der Waals surface area (Å²) < 4.78 is 11.7. The van der Waals surface area contributed by atoms with Crippen molar-refractivity contribution in [3.63, 3.8) is 0 Å². The van der Waals surface area contributed by atoms with Gasteiger partial charge in [-0.25, -0.2) is 0 Å². The molecular weight excluding hydrogens is 811 g/mol. The van der Waals surface area contributed by atoms with Crippen LogP contribution in [0.15, 0.2) is 0 Å². The van der Waals surface area contributed by atoms with Gasteiger partial charge in [0.2, 0.25) is 0 Å². The molecule has 0 saturated heterocycles. The van der Waals surface area contributed by atoms with Crippen molar-refractivity contribution in [3.8, 4) is 0 Å². The first-order valence-electron chi connectivity index (χ1n) is 30.5. The van der Waals surface area contributed by atoms with E-state index in [1.165, 1.54) is 276 Å². The molecule has 0 aromatic rings. The van der Waals surface area contributed by atoms with E-state index in [-0.39, 0.29) is 11.9 Å². The number of unbranched alkanes of at least 4 members (excludes halogenated alkanes) is 33. The molecule has 0 aliphatic heterocycles. The maximum atomic E-state index is 12.7. The Hall–Kier alpha value is -1.10. The van der Waals surface area contributed by atoms with Crippen LogP contribution in [0.25, 0.3) is 0 Å². The first kappa shape index (κ1) is 64.9. The van der Waals surface area contributed by atoms with E-state index < -0.39 is 0 Å². The molecule has 66 heavy (non-hydrogen) atoms. The maximum absolute atomic E-state index is 12.7. The van der Waals surface area contributed by atoms with Crippen molar-refractivity contribution in [1.29, 1.82) is 0 Å². The molecule has 0 fully saturated rings. The Bertz CT molecular complexity index is 891. The molecule has 0 aromatic carbocycles. The summed E-state index contributed by atoms with van der Waals surface area (Å²) in [6.07, 6.45) is 60.6. The number of carbonyl (C=O) groups is 2. The fourth-order valence-electron chi connectivity index (χ4n) is 9.98. The van der Waals surface area contributed by atoms with Crippen LogP contribution in [0.1, 0.15) is 343 Å². The van der Waals surface area contributed by atoms with Gasteiger partial charge in [0.05, 0.1) is 13.2 Å². The molecule has 0 aliphatic carbocycles. The summed E-state index contributed by atoms with van der Waals surface area (Å²) in [5.41, 5.74) is 0. The van der Waals surface area contributed by atoms with Gasteiger partial charge in [0, 0.05) is 18.9 Å². The average molecular weight is 933 g/mol. The molecule has 0 aliphatic rings. The molecule has 0 saturated carbocycles. The second-order valence-electron chi connectivity index (χ2n) is 21.4. The molecule has 5 nitrogen and oxygen atoms in total. The van der Waals surface area contributed by atoms with E-state index in [1.54, 1.807) is 0 Å². The summed E-state index contributed by atoms with van der Waals surface area (Å²) in [4.78, 5) is 25.3. The van der Waals surface area contributed by atoms with Gasteiger partial charge in [-0.2, -0.15) is 0 Å². The highest BCUT2D eigenvalue weighted by Gasteiger charge is 2.14. The zero-order valence-corrected chi connectivity index (χ0v) is 45.9. The van der Waals surface area contributed by atoms with Crippen molar-refractivity contribution < 1.29 is 19.1 Å². The third kappa shape index (κ3) is 49.3. The topological polar surface area (TPSA) is 64.6 Å². The highest BCUT2D eigenvalue weighted by Crippen LogP contribution is 2.22. The summed E-state index contributed by atoms with van der Waals surface area (Å²) >= 11 is 0. The smallest absolute Gasteiger partial charge is 0.305 e. The lowest BCUT2D eigenvalue weighted by atomic mass is 9.95. The van der Waals surface area contributed by atoms with Gasteiger partial charge in [0.15, 0.2) is 0 Å². The molecular formula is C61H121NO4. The van der Waals surface area contributed by atoms with E-state index in [0.29, 0.717) is 43.9 Å². The van der Waals surface area contributed by atoms with Crippen LogP contribution in [0.2, 0.25) is 0 Å². The van der Waals surface area contributed by atoms with Gasteiger partial charge >= 0.3 is 11.9 Å². The second-order valence-corrected chi connectivity index (χ2v) is 21.4. The normalized spacial score (nSPS) is 13.0. The largest absolute Gasteiger partial charge is 0.465 e. The molecule has 5 heteroatoms. The van der Waals surface area contributed by atoms with Crippen molar-refractivity contribution >= 4 is 11.9 Å². The summed E-state index contributed by atoms with van der Waals surface area (Å²) in [7, 11) is 0. The highest BCUT2D eigenvalue weighted by molar-refractivity contribution is 5.69. The molecule has 2 unspecified atom stereocenters. The number of nitrogens with one attached hydrogen (secondary N) is 1. The predicted molar refractivity (Wildman–Crippen MR) is 291 cm³/mol. The third-order valence-corrected chi connectivity index (χ3v) is 14.7. The quantitative estimate of drug-likeness (QED) is 0.0486. The van der Waals surface area contributed by atoms with Gasteiger partial charge < -0.3 is 14.8 Å². The van der Waals surface area contributed by atoms with Crippen molar-refractivity contribution in [2.45, 2.75) is 349 Å². The number of ether oxygens (including phenoxy) is 2. The van der Waals surface area contributed by atoms with Crippen molar-refractivity contribution in [1.82, 2.24) is 5.32 Å². The third-order valence-electron chi connectivity index (χ3n) is 14.7. The fraction of sp³-hybridized carbons (Fsp3) is 0.967. The lowest BCUT2D eigenvalue weighted by molar-refractivity contribution is -0.146. The minimum absolute atomic E-state index is 0.0348. The summed E-state index contributed by atoms with van der Waals surface area (Å²) in [6.45, 7) is 13.9. The van der Waals surface area contributed by atoms with E-state index in [9.17, 15) is 9.59 Å². The van der Waals surface area contributed by atoms with Crippen molar-refractivity contribution in [2.75, 3.05) is 19.8 Å². The van der Waals surface area contributed by atoms with E-state index in [0.717, 1.165) is 25.7 Å². The molecule has 0 aromatic heterocycles. The minimum Gasteiger partial charge on any atom is -0.465 e. The monoisotopic (exact) mass is 932 g/mol. The van der Waals surface area contributed by atoms with Crippen LogP contribution in [0.3, 0.4) is 0 Å². The average Bonchev–Trinajstić information content (AvgIpc) is 3.32. The van der Waals surface area contributed by atoms with E-state index in [2.05, 4.69) is 39.9 Å². The lowest BCUT2D eigenvalue weighted by Gasteiger charge is -2.19. The molecule has 0 heterocycles. The van der Waals surface area contributed by atoms with E-state index in [1.807, 2.05) is 0 Å². The van der Waals surface area contributed by atoms with Gasteiger partial charge in [0.25, 0.3) is 0 Å². The Kier molecular flexibility index (Phi) is 53.9. The van der Waals surface area contributed by atoms with Crippen molar-refractivity contribution in [2.24, 2.45) is 11.8 Å². The molecule has 0 radical (unpaired) electrons. The van der Waals surface area contributed by atoms with Crippen LogP contribution in [-0.2, 0) is 19.1 Å². The molecule has 0 spiro atoms. The van der Waals surface area contributed by atoms with Crippen LogP contribution in [0.5, 0.6) is 0 Å². The van der Waals surface area contributed by atoms with Gasteiger partial charge in [-0.3, -0.25) is 9.59 Å². The lowest BCUT2D eigenvalue weighted by Crippen LogP contribution is -2.30.